The van der Waals surface area contributed by atoms with Gasteiger partial charge < -0.3 is 20.5 Å². The second kappa shape index (κ2) is 9.02. The van der Waals surface area contributed by atoms with Crippen LogP contribution in [0.3, 0.4) is 0 Å². The Morgan fingerprint density at radius 1 is 1.17 bits per heavy atom. The molecule has 2 rings (SSSR count). The average Bonchev–Trinajstić information content (AvgIpc) is 3.06. The summed E-state index contributed by atoms with van der Waals surface area (Å²) >= 11 is 0. The maximum absolute atomic E-state index is 12.0. The molecular formula is C17H22N2O5. The van der Waals surface area contributed by atoms with Crippen LogP contribution in [0.1, 0.15) is 42.5 Å². The molecule has 3 N–H and O–H groups in total. The first-order valence-electron chi connectivity index (χ1n) is 8.06. The average molecular weight is 334 g/mol. The number of rotatable bonds is 8. The minimum Gasteiger partial charge on any atom is -0.481 e. The SMILES string of the molecule is O=C(O)CCCC(=O)Nc1ccc(C(=O)NC[C@H]2CCCO2)cc1. The Morgan fingerprint density at radius 3 is 2.54 bits per heavy atom. The molecule has 1 saturated heterocycles. The summed E-state index contributed by atoms with van der Waals surface area (Å²) in [6.07, 6.45) is 2.50. The van der Waals surface area contributed by atoms with Crippen LogP contribution in [0, 0.1) is 0 Å². The molecule has 7 heteroatoms. The topological polar surface area (TPSA) is 105 Å². The van der Waals surface area contributed by atoms with Gasteiger partial charge in [0.05, 0.1) is 6.10 Å². The van der Waals surface area contributed by atoms with E-state index in [4.69, 9.17) is 9.84 Å². The van der Waals surface area contributed by atoms with Crippen molar-refractivity contribution in [2.24, 2.45) is 0 Å². The zero-order valence-electron chi connectivity index (χ0n) is 13.4. The Bertz CT molecular complexity index is 579. The molecular weight excluding hydrogens is 312 g/mol. The monoisotopic (exact) mass is 334 g/mol. The molecule has 2 amide bonds. The molecule has 0 bridgehead atoms. The van der Waals surface area contributed by atoms with Gasteiger partial charge in [0, 0.05) is 37.2 Å². The predicted octanol–water partition coefficient (Wildman–Crippen LogP) is 1.79. The minimum absolute atomic E-state index is 0.0305. The first kappa shape index (κ1) is 17.9. The molecule has 1 aromatic rings. The summed E-state index contributed by atoms with van der Waals surface area (Å²) in [7, 11) is 0. The summed E-state index contributed by atoms with van der Waals surface area (Å²) in [4.78, 5) is 34.1. The van der Waals surface area contributed by atoms with Crippen LogP contribution in [0.4, 0.5) is 5.69 Å². The molecule has 7 nitrogen and oxygen atoms in total. The van der Waals surface area contributed by atoms with Crippen LogP contribution in [-0.2, 0) is 14.3 Å². The number of carboxylic acid groups (broad SMARTS) is 1. The maximum atomic E-state index is 12.0. The number of hydrogen-bond acceptors (Lipinski definition) is 4. The zero-order chi connectivity index (χ0) is 17.4. The van der Waals surface area contributed by atoms with E-state index >= 15 is 0 Å². The number of nitrogens with one attached hydrogen (secondary N) is 2. The van der Waals surface area contributed by atoms with Gasteiger partial charge in [0.25, 0.3) is 5.91 Å². The lowest BCUT2D eigenvalue weighted by Gasteiger charge is -2.11. The highest BCUT2D eigenvalue weighted by molar-refractivity contribution is 5.95. The van der Waals surface area contributed by atoms with Crippen LogP contribution < -0.4 is 10.6 Å². The highest BCUT2D eigenvalue weighted by atomic mass is 16.5. The van der Waals surface area contributed by atoms with Gasteiger partial charge in [-0.3, -0.25) is 14.4 Å². The van der Waals surface area contributed by atoms with Crippen molar-refractivity contribution in [2.75, 3.05) is 18.5 Å². The van der Waals surface area contributed by atoms with Gasteiger partial charge in [0.1, 0.15) is 0 Å². The number of anilines is 1. The maximum Gasteiger partial charge on any atom is 0.303 e. The molecule has 0 saturated carbocycles. The van der Waals surface area contributed by atoms with Gasteiger partial charge in [0.2, 0.25) is 5.91 Å². The van der Waals surface area contributed by atoms with Crippen LogP contribution in [0.5, 0.6) is 0 Å². The molecule has 1 fully saturated rings. The molecule has 1 aromatic carbocycles. The quantitative estimate of drug-likeness (QED) is 0.672. The summed E-state index contributed by atoms with van der Waals surface area (Å²) < 4.78 is 5.45. The minimum atomic E-state index is -0.916. The second-order valence-electron chi connectivity index (χ2n) is 5.72. The summed E-state index contributed by atoms with van der Waals surface area (Å²) in [6.45, 7) is 1.25. The molecule has 0 radical (unpaired) electrons. The summed E-state index contributed by atoms with van der Waals surface area (Å²) in [6, 6.07) is 6.57. The van der Waals surface area contributed by atoms with E-state index in [0.29, 0.717) is 24.2 Å². The number of amides is 2. The molecule has 0 aromatic heterocycles. The molecule has 1 heterocycles. The first-order chi connectivity index (χ1) is 11.5. The van der Waals surface area contributed by atoms with Gasteiger partial charge in [-0.1, -0.05) is 0 Å². The van der Waals surface area contributed by atoms with Gasteiger partial charge in [-0.25, -0.2) is 0 Å². The molecule has 1 aliphatic heterocycles. The fourth-order valence-corrected chi connectivity index (χ4v) is 2.44. The van der Waals surface area contributed by atoms with Gasteiger partial charge in [0.15, 0.2) is 0 Å². The largest absolute Gasteiger partial charge is 0.481 e. The fraction of sp³-hybridized carbons (Fsp3) is 0.471. The third-order valence-corrected chi connectivity index (χ3v) is 3.74. The molecule has 1 aliphatic rings. The Kier molecular flexibility index (Phi) is 6.74. The standard InChI is InChI=1S/C17H22N2O5/c20-15(4-1-5-16(21)22)19-13-8-6-12(7-9-13)17(23)18-11-14-3-2-10-24-14/h6-9,14H,1-5,10-11H2,(H,18,23)(H,19,20)(H,21,22)/t14-/m1/s1. The van der Waals surface area contributed by atoms with Crippen LogP contribution in [0.25, 0.3) is 0 Å². The van der Waals surface area contributed by atoms with Crippen LogP contribution >= 0.6 is 0 Å². The number of carbonyl (C=O) groups excluding carboxylic acids is 2. The highest BCUT2D eigenvalue weighted by Crippen LogP contribution is 2.12. The van der Waals surface area contributed by atoms with E-state index in [1.165, 1.54) is 0 Å². The van der Waals surface area contributed by atoms with Gasteiger partial charge in [-0.05, 0) is 43.5 Å². The second-order valence-corrected chi connectivity index (χ2v) is 5.72. The number of aliphatic carboxylic acids is 1. The van der Waals surface area contributed by atoms with E-state index in [1.54, 1.807) is 24.3 Å². The van der Waals surface area contributed by atoms with Crippen molar-refractivity contribution in [1.29, 1.82) is 0 Å². The first-order valence-corrected chi connectivity index (χ1v) is 8.06. The van der Waals surface area contributed by atoms with E-state index in [2.05, 4.69) is 10.6 Å². The van der Waals surface area contributed by atoms with Crippen LogP contribution in [0.2, 0.25) is 0 Å². The van der Waals surface area contributed by atoms with E-state index in [1.807, 2.05) is 0 Å². The molecule has 130 valence electrons. The fourth-order valence-electron chi connectivity index (χ4n) is 2.44. The molecule has 0 spiro atoms. The van der Waals surface area contributed by atoms with Crippen molar-refractivity contribution < 1.29 is 24.2 Å². The van der Waals surface area contributed by atoms with E-state index in [-0.39, 0.29) is 30.8 Å². The Morgan fingerprint density at radius 2 is 1.92 bits per heavy atom. The lowest BCUT2D eigenvalue weighted by molar-refractivity contribution is -0.137. The number of carbonyl (C=O) groups is 3. The Labute approximate surface area is 140 Å². The Balaban J connectivity index is 1.75. The predicted molar refractivity (Wildman–Crippen MR) is 87.9 cm³/mol. The van der Waals surface area contributed by atoms with Gasteiger partial charge >= 0.3 is 5.97 Å². The molecule has 24 heavy (non-hydrogen) atoms. The molecule has 1 atom stereocenters. The normalized spacial score (nSPS) is 16.6. The zero-order valence-corrected chi connectivity index (χ0v) is 13.4. The van der Waals surface area contributed by atoms with E-state index in [9.17, 15) is 14.4 Å². The number of ether oxygens (including phenoxy) is 1. The van der Waals surface area contributed by atoms with E-state index in [0.717, 1.165) is 19.4 Å². The summed E-state index contributed by atoms with van der Waals surface area (Å²) in [5.74, 6) is -1.34. The van der Waals surface area contributed by atoms with Crippen LogP contribution in [-0.4, -0.2) is 42.1 Å². The summed E-state index contributed by atoms with van der Waals surface area (Å²) in [5, 5.41) is 14.0. The van der Waals surface area contributed by atoms with Crippen molar-refractivity contribution in [3.05, 3.63) is 29.8 Å². The van der Waals surface area contributed by atoms with E-state index < -0.39 is 5.97 Å². The lowest BCUT2D eigenvalue weighted by atomic mass is 10.1. The molecule has 0 unspecified atom stereocenters. The van der Waals surface area contributed by atoms with Gasteiger partial charge in [-0.15, -0.1) is 0 Å². The molecule has 0 aliphatic carbocycles. The van der Waals surface area contributed by atoms with Crippen molar-refractivity contribution in [3.63, 3.8) is 0 Å². The lowest BCUT2D eigenvalue weighted by Crippen LogP contribution is -2.31. The van der Waals surface area contributed by atoms with Crippen molar-refractivity contribution in [2.45, 2.75) is 38.2 Å². The van der Waals surface area contributed by atoms with Crippen LogP contribution in [0.15, 0.2) is 24.3 Å². The smallest absolute Gasteiger partial charge is 0.303 e. The van der Waals surface area contributed by atoms with Crippen molar-refractivity contribution in [3.8, 4) is 0 Å². The summed E-state index contributed by atoms with van der Waals surface area (Å²) in [5.41, 5.74) is 1.09. The number of benzene rings is 1. The van der Waals surface area contributed by atoms with Crippen molar-refractivity contribution >= 4 is 23.5 Å². The third-order valence-electron chi connectivity index (χ3n) is 3.74. The Hall–Kier alpha value is -2.41. The number of hydrogen-bond donors (Lipinski definition) is 3. The highest BCUT2D eigenvalue weighted by Gasteiger charge is 2.16. The van der Waals surface area contributed by atoms with Crippen molar-refractivity contribution in [1.82, 2.24) is 5.32 Å². The van der Waals surface area contributed by atoms with Gasteiger partial charge in [-0.2, -0.15) is 0 Å². The number of carboxylic acids is 1. The third kappa shape index (κ3) is 6.00.